The zero-order valence-corrected chi connectivity index (χ0v) is 16.9. The quantitative estimate of drug-likeness (QED) is 0.566. The summed E-state index contributed by atoms with van der Waals surface area (Å²) in [6, 6.07) is 19.0. The van der Waals surface area contributed by atoms with E-state index < -0.39 is 0 Å². The van der Waals surface area contributed by atoms with Crippen molar-refractivity contribution in [2.24, 2.45) is 5.92 Å². The number of carbonyl (C=O) groups is 1. The molecule has 1 aliphatic carbocycles. The van der Waals surface area contributed by atoms with Gasteiger partial charge < -0.3 is 4.74 Å². The lowest BCUT2D eigenvalue weighted by Gasteiger charge is -2.32. The van der Waals surface area contributed by atoms with Gasteiger partial charge in [0.2, 0.25) is 0 Å². The van der Waals surface area contributed by atoms with E-state index in [1.165, 1.54) is 17.5 Å². The van der Waals surface area contributed by atoms with E-state index in [9.17, 15) is 4.79 Å². The van der Waals surface area contributed by atoms with E-state index in [2.05, 4.69) is 62.4 Å². The molecule has 2 aromatic rings. The van der Waals surface area contributed by atoms with Gasteiger partial charge in [-0.3, -0.25) is 4.79 Å². The molecule has 1 fully saturated rings. The number of esters is 1. The lowest BCUT2D eigenvalue weighted by Crippen LogP contribution is -2.30. The molecule has 2 heteroatoms. The summed E-state index contributed by atoms with van der Waals surface area (Å²) in [5, 5.41) is 0. The van der Waals surface area contributed by atoms with Gasteiger partial charge in [-0.2, -0.15) is 0 Å². The summed E-state index contributed by atoms with van der Waals surface area (Å²) in [6.45, 7) is 6.41. The summed E-state index contributed by atoms with van der Waals surface area (Å²) in [5.41, 5.74) is 3.66. The first-order chi connectivity index (χ1) is 13.0. The van der Waals surface area contributed by atoms with Crippen molar-refractivity contribution in [3.05, 3.63) is 71.3 Å². The average molecular weight is 365 g/mol. The normalized spacial score (nSPS) is 21.0. The van der Waals surface area contributed by atoms with Crippen molar-refractivity contribution in [3.63, 3.8) is 0 Å². The van der Waals surface area contributed by atoms with Crippen LogP contribution in [0, 0.1) is 5.92 Å². The maximum atomic E-state index is 12.8. The first-order valence-corrected chi connectivity index (χ1v) is 10.4. The van der Waals surface area contributed by atoms with E-state index >= 15 is 0 Å². The molecule has 144 valence electrons. The minimum absolute atomic E-state index is 0.00341. The molecule has 3 rings (SSSR count). The highest BCUT2D eigenvalue weighted by atomic mass is 16.5. The number of hydrogen-bond acceptors (Lipinski definition) is 2. The number of carbonyl (C=O) groups excluding carboxylic acids is 1. The predicted octanol–water partition coefficient (Wildman–Crippen LogP) is 6.26. The molecule has 2 aromatic carbocycles. The van der Waals surface area contributed by atoms with Crippen molar-refractivity contribution in [1.29, 1.82) is 0 Å². The molecule has 2 nitrogen and oxygen atoms in total. The van der Waals surface area contributed by atoms with Crippen LogP contribution in [-0.4, -0.2) is 12.1 Å². The molecule has 0 saturated heterocycles. The molecule has 0 amide bonds. The first kappa shape index (κ1) is 19.7. The fourth-order valence-electron chi connectivity index (χ4n) is 4.12. The molecule has 3 atom stereocenters. The topological polar surface area (TPSA) is 26.3 Å². The molecular weight excluding hydrogens is 332 g/mol. The number of hydrogen-bond donors (Lipinski definition) is 0. The van der Waals surface area contributed by atoms with Crippen LogP contribution < -0.4 is 0 Å². The minimum atomic E-state index is -0.226. The third-order valence-corrected chi connectivity index (χ3v) is 5.68. The van der Waals surface area contributed by atoms with Crippen molar-refractivity contribution >= 4 is 5.97 Å². The van der Waals surface area contributed by atoms with E-state index in [0.29, 0.717) is 11.8 Å². The van der Waals surface area contributed by atoms with Gasteiger partial charge in [-0.25, -0.2) is 0 Å². The fraction of sp³-hybridized carbons (Fsp3) is 0.480. The Labute approximate surface area is 164 Å². The second-order valence-corrected chi connectivity index (χ2v) is 8.34. The Morgan fingerprint density at radius 3 is 2.30 bits per heavy atom. The Morgan fingerprint density at radius 2 is 1.63 bits per heavy atom. The molecule has 1 saturated carbocycles. The molecule has 0 radical (unpaired) electrons. The smallest absolute Gasteiger partial charge is 0.313 e. The largest absolute Gasteiger partial charge is 0.461 e. The van der Waals surface area contributed by atoms with Crippen LogP contribution >= 0.6 is 0 Å². The Hall–Kier alpha value is -2.09. The lowest BCUT2D eigenvalue weighted by molar-refractivity contribution is -0.153. The Bertz CT molecular complexity index is 718. The Morgan fingerprint density at radius 1 is 0.963 bits per heavy atom. The van der Waals surface area contributed by atoms with Crippen LogP contribution in [0.4, 0.5) is 0 Å². The van der Waals surface area contributed by atoms with Crippen LogP contribution in [0.15, 0.2) is 54.6 Å². The third kappa shape index (κ3) is 5.22. The van der Waals surface area contributed by atoms with Crippen molar-refractivity contribution in [2.45, 2.75) is 70.8 Å². The van der Waals surface area contributed by atoms with E-state index in [1.54, 1.807) is 0 Å². The van der Waals surface area contributed by atoms with Gasteiger partial charge in [-0.05, 0) is 55.2 Å². The molecule has 0 heterocycles. The highest BCUT2D eigenvalue weighted by Gasteiger charge is 2.31. The van der Waals surface area contributed by atoms with Crippen LogP contribution in [-0.2, 0) is 16.0 Å². The standard InChI is InChI=1S/C25H32O2/c1-18(2)17-20-13-15-21(16-14-20)19(3)25(26)27-24-12-8-7-11-23(24)22-9-5-4-6-10-22/h4-6,9-10,13-16,18-19,23-24H,7-8,11-12,17H2,1-3H3/t19-,23-,24+/m0/s1. The van der Waals surface area contributed by atoms with E-state index in [1.807, 2.05) is 13.0 Å². The Kier molecular flexibility index (Phi) is 6.71. The zero-order valence-electron chi connectivity index (χ0n) is 16.9. The number of benzene rings is 2. The van der Waals surface area contributed by atoms with Gasteiger partial charge in [0.25, 0.3) is 0 Å². The van der Waals surface area contributed by atoms with E-state index in [4.69, 9.17) is 4.74 Å². The summed E-state index contributed by atoms with van der Waals surface area (Å²) < 4.78 is 6.03. The van der Waals surface area contributed by atoms with Gasteiger partial charge in [-0.15, -0.1) is 0 Å². The van der Waals surface area contributed by atoms with Gasteiger partial charge in [0.15, 0.2) is 0 Å². The van der Waals surface area contributed by atoms with Gasteiger partial charge in [0, 0.05) is 5.92 Å². The maximum Gasteiger partial charge on any atom is 0.313 e. The highest BCUT2D eigenvalue weighted by molar-refractivity contribution is 5.78. The minimum Gasteiger partial charge on any atom is -0.461 e. The molecular formula is C25H32O2. The SMILES string of the molecule is CC(C)Cc1ccc([C@H](C)C(=O)O[C@@H]2CCCC[C@H]2c2ccccc2)cc1. The maximum absolute atomic E-state index is 12.8. The molecule has 0 aliphatic heterocycles. The van der Waals surface area contributed by atoms with Crippen LogP contribution in [0.3, 0.4) is 0 Å². The summed E-state index contributed by atoms with van der Waals surface area (Å²) in [7, 11) is 0. The zero-order chi connectivity index (χ0) is 19.2. The van der Waals surface area contributed by atoms with Crippen molar-refractivity contribution < 1.29 is 9.53 Å². The van der Waals surface area contributed by atoms with Gasteiger partial charge in [-0.1, -0.05) is 74.9 Å². The molecule has 1 aliphatic rings. The van der Waals surface area contributed by atoms with Crippen molar-refractivity contribution in [3.8, 4) is 0 Å². The highest BCUT2D eigenvalue weighted by Crippen LogP contribution is 2.36. The number of ether oxygens (including phenoxy) is 1. The van der Waals surface area contributed by atoms with Crippen molar-refractivity contribution in [1.82, 2.24) is 0 Å². The van der Waals surface area contributed by atoms with Crippen LogP contribution in [0.1, 0.15) is 75.0 Å². The molecule has 0 unspecified atom stereocenters. The second-order valence-electron chi connectivity index (χ2n) is 8.34. The summed E-state index contributed by atoms with van der Waals surface area (Å²) in [4.78, 5) is 12.8. The summed E-state index contributed by atoms with van der Waals surface area (Å²) in [5.74, 6) is 0.639. The predicted molar refractivity (Wildman–Crippen MR) is 111 cm³/mol. The van der Waals surface area contributed by atoms with E-state index in [-0.39, 0.29) is 18.0 Å². The van der Waals surface area contributed by atoms with Crippen LogP contribution in [0.5, 0.6) is 0 Å². The van der Waals surface area contributed by atoms with Crippen LogP contribution in [0.2, 0.25) is 0 Å². The van der Waals surface area contributed by atoms with Crippen molar-refractivity contribution in [2.75, 3.05) is 0 Å². The third-order valence-electron chi connectivity index (χ3n) is 5.68. The Balaban J connectivity index is 1.66. The average Bonchev–Trinajstić information content (AvgIpc) is 2.68. The summed E-state index contributed by atoms with van der Waals surface area (Å²) >= 11 is 0. The van der Waals surface area contributed by atoms with Gasteiger partial charge in [0.05, 0.1) is 5.92 Å². The molecule has 0 aromatic heterocycles. The molecule has 27 heavy (non-hydrogen) atoms. The van der Waals surface area contributed by atoms with E-state index in [0.717, 1.165) is 31.2 Å². The van der Waals surface area contributed by atoms with Crippen LogP contribution in [0.25, 0.3) is 0 Å². The van der Waals surface area contributed by atoms with Gasteiger partial charge in [0.1, 0.15) is 6.10 Å². The lowest BCUT2D eigenvalue weighted by atomic mass is 9.81. The van der Waals surface area contributed by atoms with Gasteiger partial charge >= 0.3 is 5.97 Å². The first-order valence-electron chi connectivity index (χ1n) is 10.4. The fourth-order valence-corrected chi connectivity index (χ4v) is 4.12. The molecule has 0 bridgehead atoms. The summed E-state index contributed by atoms with van der Waals surface area (Å²) in [6.07, 6.45) is 5.47. The molecule has 0 N–H and O–H groups in total. The monoisotopic (exact) mass is 364 g/mol. The molecule has 0 spiro atoms. The second kappa shape index (κ2) is 9.21. The number of rotatable bonds is 6.